The molecule has 1 N–H and O–H groups in total. The van der Waals surface area contributed by atoms with Gasteiger partial charge in [-0.05, 0) is 5.92 Å². The van der Waals surface area contributed by atoms with E-state index in [2.05, 4.69) is 10.5 Å². The average Bonchev–Trinajstić information content (AvgIpc) is 3.01. The number of hydrogen-bond donors (Lipinski definition) is 1. The molecule has 8 nitrogen and oxygen atoms in total. The number of benzene rings is 1. The zero-order chi connectivity index (χ0) is 17.0. The molecule has 0 saturated heterocycles. The minimum absolute atomic E-state index is 0.105. The van der Waals surface area contributed by atoms with Crippen LogP contribution < -0.4 is 14.8 Å². The molecule has 0 bridgehead atoms. The number of ether oxygens (including phenoxy) is 2. The van der Waals surface area contributed by atoms with Crippen molar-refractivity contribution in [2.75, 3.05) is 19.5 Å². The van der Waals surface area contributed by atoms with Crippen LogP contribution in [0.3, 0.4) is 0 Å². The maximum atomic E-state index is 11.2. The Hall–Kier alpha value is -2.77. The Kier molecular flexibility index (Phi) is 5.05. The van der Waals surface area contributed by atoms with Gasteiger partial charge in [-0.25, -0.2) is 0 Å². The number of nitrogens with one attached hydrogen (secondary N) is 1. The fraction of sp³-hybridized carbons (Fsp3) is 0.400. The number of methoxy groups -OCH3 is 2. The minimum atomic E-state index is -0.482. The number of rotatable bonds is 7. The first-order valence-electron chi connectivity index (χ1n) is 7.06. The van der Waals surface area contributed by atoms with Crippen LogP contribution in [0.2, 0.25) is 0 Å². The van der Waals surface area contributed by atoms with Crippen LogP contribution in [-0.2, 0) is 6.54 Å². The second kappa shape index (κ2) is 6.99. The molecule has 0 atom stereocenters. The normalized spacial score (nSPS) is 10.7. The summed E-state index contributed by atoms with van der Waals surface area (Å²) in [5, 5.41) is 18.2. The summed E-state index contributed by atoms with van der Waals surface area (Å²) in [5.41, 5.74) is 1.05. The molecule has 0 radical (unpaired) electrons. The lowest BCUT2D eigenvalue weighted by atomic mass is 10.1. The van der Waals surface area contributed by atoms with Gasteiger partial charge in [0, 0.05) is 12.1 Å². The molecule has 0 saturated carbocycles. The molecule has 1 aromatic heterocycles. The molecule has 0 fully saturated rings. The van der Waals surface area contributed by atoms with Crippen molar-refractivity contribution in [3.05, 3.63) is 39.8 Å². The van der Waals surface area contributed by atoms with E-state index >= 15 is 0 Å². The van der Waals surface area contributed by atoms with E-state index in [4.69, 9.17) is 14.0 Å². The zero-order valence-corrected chi connectivity index (χ0v) is 13.5. The van der Waals surface area contributed by atoms with Crippen LogP contribution in [0.5, 0.6) is 11.5 Å². The summed E-state index contributed by atoms with van der Waals surface area (Å²) in [6.07, 6.45) is 0. The molecule has 0 aliphatic heterocycles. The van der Waals surface area contributed by atoms with Crippen LogP contribution in [0.25, 0.3) is 0 Å². The van der Waals surface area contributed by atoms with Gasteiger partial charge in [-0.1, -0.05) is 19.0 Å². The van der Waals surface area contributed by atoms with Crippen LogP contribution in [0.15, 0.2) is 22.7 Å². The topological polar surface area (TPSA) is 99.7 Å². The summed E-state index contributed by atoms with van der Waals surface area (Å²) in [7, 11) is 2.90. The first-order valence-corrected chi connectivity index (χ1v) is 7.06. The summed E-state index contributed by atoms with van der Waals surface area (Å²) in [4.78, 5) is 10.7. The number of nitro groups is 1. The van der Waals surface area contributed by atoms with Crippen molar-refractivity contribution in [1.29, 1.82) is 0 Å². The predicted octanol–water partition coefficient (Wildman–Crippen LogP) is 3.34. The third-order valence-corrected chi connectivity index (χ3v) is 3.32. The lowest BCUT2D eigenvalue weighted by Gasteiger charge is -2.11. The van der Waals surface area contributed by atoms with E-state index in [-0.39, 0.29) is 18.2 Å². The fourth-order valence-corrected chi connectivity index (χ4v) is 2.03. The van der Waals surface area contributed by atoms with Crippen molar-refractivity contribution < 1.29 is 18.9 Å². The Morgan fingerprint density at radius 2 is 1.91 bits per heavy atom. The Morgan fingerprint density at radius 3 is 2.43 bits per heavy atom. The van der Waals surface area contributed by atoms with Crippen LogP contribution in [0.1, 0.15) is 31.2 Å². The molecule has 0 unspecified atom stereocenters. The molecule has 1 aromatic carbocycles. The highest BCUT2D eigenvalue weighted by atomic mass is 16.6. The van der Waals surface area contributed by atoms with Crippen LogP contribution in [-0.4, -0.2) is 24.3 Å². The third-order valence-electron chi connectivity index (χ3n) is 3.32. The summed E-state index contributed by atoms with van der Waals surface area (Å²) < 4.78 is 15.5. The van der Waals surface area contributed by atoms with Crippen molar-refractivity contribution in [2.24, 2.45) is 0 Å². The fourth-order valence-electron chi connectivity index (χ4n) is 2.03. The van der Waals surface area contributed by atoms with Crippen molar-refractivity contribution >= 4 is 11.4 Å². The number of hydrogen-bond acceptors (Lipinski definition) is 7. The molecular weight excluding hydrogens is 302 g/mol. The monoisotopic (exact) mass is 321 g/mol. The largest absolute Gasteiger partial charge is 0.493 e. The van der Waals surface area contributed by atoms with E-state index < -0.39 is 4.92 Å². The van der Waals surface area contributed by atoms with Crippen LogP contribution >= 0.6 is 0 Å². The van der Waals surface area contributed by atoms with Gasteiger partial charge in [0.2, 0.25) is 0 Å². The minimum Gasteiger partial charge on any atom is -0.493 e. The van der Waals surface area contributed by atoms with Gasteiger partial charge in [0.05, 0.1) is 37.4 Å². The standard InChI is InChI=1S/C15H19N3O5/c1-9(2)11-5-10(23-17-11)8-16-12-6-14(21-3)15(22-4)7-13(12)18(19)20/h5-7,9,16H,8H2,1-4H3. The second-order valence-corrected chi connectivity index (χ2v) is 5.21. The van der Waals surface area contributed by atoms with Crippen LogP contribution in [0.4, 0.5) is 11.4 Å². The van der Waals surface area contributed by atoms with Crippen molar-refractivity contribution in [2.45, 2.75) is 26.3 Å². The number of aromatic nitrogens is 1. The zero-order valence-electron chi connectivity index (χ0n) is 13.5. The SMILES string of the molecule is COc1cc(NCc2cc(C(C)C)no2)c([N+](=O)[O-])cc1OC. The highest BCUT2D eigenvalue weighted by Gasteiger charge is 2.20. The Balaban J connectivity index is 2.24. The average molecular weight is 321 g/mol. The van der Waals surface area contributed by atoms with Gasteiger partial charge in [-0.3, -0.25) is 10.1 Å². The van der Waals surface area contributed by atoms with E-state index in [0.29, 0.717) is 22.9 Å². The molecule has 0 aliphatic carbocycles. The third kappa shape index (κ3) is 3.71. The number of nitrogens with zero attached hydrogens (tertiary/aromatic N) is 2. The summed E-state index contributed by atoms with van der Waals surface area (Å²) in [6, 6.07) is 4.67. The Bertz CT molecular complexity index is 696. The number of nitro benzene ring substituents is 1. The van der Waals surface area contributed by atoms with E-state index in [1.807, 2.05) is 19.9 Å². The smallest absolute Gasteiger partial charge is 0.296 e. The Labute approximate surface area is 133 Å². The molecule has 1 heterocycles. The molecule has 124 valence electrons. The van der Waals surface area contributed by atoms with Gasteiger partial charge < -0.3 is 19.3 Å². The second-order valence-electron chi connectivity index (χ2n) is 5.21. The van der Waals surface area contributed by atoms with Gasteiger partial charge in [0.15, 0.2) is 17.3 Å². The van der Waals surface area contributed by atoms with E-state index in [0.717, 1.165) is 5.69 Å². The van der Waals surface area contributed by atoms with Gasteiger partial charge in [0.25, 0.3) is 5.69 Å². The van der Waals surface area contributed by atoms with E-state index in [9.17, 15) is 10.1 Å². The van der Waals surface area contributed by atoms with Crippen molar-refractivity contribution in [1.82, 2.24) is 5.16 Å². The first-order chi connectivity index (χ1) is 11.0. The van der Waals surface area contributed by atoms with Gasteiger partial charge in [-0.15, -0.1) is 0 Å². The quantitative estimate of drug-likeness (QED) is 0.616. The molecule has 0 spiro atoms. The molecule has 0 amide bonds. The first kappa shape index (κ1) is 16.6. The summed E-state index contributed by atoms with van der Waals surface area (Å²) in [6.45, 7) is 4.29. The van der Waals surface area contributed by atoms with Gasteiger partial charge in [-0.2, -0.15) is 0 Å². The molecule has 2 aromatic rings. The number of anilines is 1. The molecule has 0 aliphatic rings. The predicted molar refractivity (Wildman–Crippen MR) is 84.1 cm³/mol. The maximum absolute atomic E-state index is 11.2. The highest BCUT2D eigenvalue weighted by molar-refractivity contribution is 5.68. The van der Waals surface area contributed by atoms with E-state index in [1.54, 1.807) is 0 Å². The highest BCUT2D eigenvalue weighted by Crippen LogP contribution is 2.37. The molecular formula is C15H19N3O5. The summed E-state index contributed by atoms with van der Waals surface area (Å²) in [5.74, 6) is 1.55. The summed E-state index contributed by atoms with van der Waals surface area (Å²) >= 11 is 0. The van der Waals surface area contributed by atoms with E-state index in [1.165, 1.54) is 26.4 Å². The van der Waals surface area contributed by atoms with Crippen LogP contribution in [0, 0.1) is 10.1 Å². The lowest BCUT2D eigenvalue weighted by molar-refractivity contribution is -0.384. The molecule has 23 heavy (non-hydrogen) atoms. The van der Waals surface area contributed by atoms with Crippen molar-refractivity contribution in [3.63, 3.8) is 0 Å². The van der Waals surface area contributed by atoms with Gasteiger partial charge >= 0.3 is 0 Å². The molecule has 8 heteroatoms. The van der Waals surface area contributed by atoms with Crippen molar-refractivity contribution in [3.8, 4) is 11.5 Å². The Morgan fingerprint density at radius 1 is 1.26 bits per heavy atom. The maximum Gasteiger partial charge on any atom is 0.296 e. The van der Waals surface area contributed by atoms with Gasteiger partial charge in [0.1, 0.15) is 5.69 Å². The lowest BCUT2D eigenvalue weighted by Crippen LogP contribution is -2.03. The molecule has 2 rings (SSSR count).